The molecule has 1 aromatic heterocycles. The van der Waals surface area contributed by atoms with Gasteiger partial charge < -0.3 is 10.2 Å². The molecule has 116 valence electrons. The van der Waals surface area contributed by atoms with Crippen LogP contribution in [0.1, 0.15) is 31.9 Å². The molecule has 1 aliphatic heterocycles. The fraction of sp³-hybridized carbons (Fsp3) is 0.692. The molecular formula is C13H21N5O3. The first-order chi connectivity index (χ1) is 10.0. The Morgan fingerprint density at radius 1 is 1.38 bits per heavy atom. The Balaban J connectivity index is 2.08. The van der Waals surface area contributed by atoms with Crippen LogP contribution in [0.3, 0.4) is 0 Å². The molecule has 8 heteroatoms. The van der Waals surface area contributed by atoms with Crippen molar-refractivity contribution >= 4 is 17.4 Å². The third-order valence-corrected chi connectivity index (χ3v) is 3.69. The Bertz CT molecular complexity index is 534. The second kappa shape index (κ2) is 6.55. The summed E-state index contributed by atoms with van der Waals surface area (Å²) in [6.45, 7) is 5.57. The van der Waals surface area contributed by atoms with Gasteiger partial charge in [-0.2, -0.15) is 5.10 Å². The number of hydrogen-bond donors (Lipinski definition) is 1. The number of aryl methyl sites for hydroxylation is 2. The number of anilines is 1. The number of amides is 1. The van der Waals surface area contributed by atoms with Crippen LogP contribution in [-0.2, 0) is 11.3 Å². The molecule has 0 spiro atoms. The molecule has 1 aliphatic rings. The zero-order chi connectivity index (χ0) is 15.4. The lowest BCUT2D eigenvalue weighted by Gasteiger charge is -2.26. The van der Waals surface area contributed by atoms with E-state index in [2.05, 4.69) is 10.4 Å². The summed E-state index contributed by atoms with van der Waals surface area (Å²) in [5, 5.41) is 18.2. The Hall–Kier alpha value is -2.12. The second-order valence-corrected chi connectivity index (χ2v) is 5.15. The van der Waals surface area contributed by atoms with E-state index in [0.29, 0.717) is 18.1 Å². The summed E-state index contributed by atoms with van der Waals surface area (Å²) in [4.78, 5) is 24.6. The molecule has 1 aromatic rings. The van der Waals surface area contributed by atoms with Crippen LogP contribution in [0.15, 0.2) is 0 Å². The van der Waals surface area contributed by atoms with E-state index in [1.54, 1.807) is 6.92 Å². The summed E-state index contributed by atoms with van der Waals surface area (Å²) in [7, 11) is 0. The van der Waals surface area contributed by atoms with Crippen LogP contribution in [0.25, 0.3) is 0 Å². The molecule has 0 radical (unpaired) electrons. The van der Waals surface area contributed by atoms with E-state index < -0.39 is 4.92 Å². The van der Waals surface area contributed by atoms with Crippen LogP contribution < -0.4 is 5.32 Å². The number of aromatic nitrogens is 2. The van der Waals surface area contributed by atoms with E-state index in [1.807, 2.05) is 11.8 Å². The topological polar surface area (TPSA) is 93.3 Å². The van der Waals surface area contributed by atoms with Crippen molar-refractivity contribution in [1.29, 1.82) is 0 Å². The molecule has 21 heavy (non-hydrogen) atoms. The number of carbonyl (C=O) groups is 1. The maximum Gasteiger partial charge on any atom is 0.333 e. The Morgan fingerprint density at radius 3 is 2.62 bits per heavy atom. The lowest BCUT2D eigenvalue weighted by Crippen LogP contribution is -2.39. The van der Waals surface area contributed by atoms with Crippen LogP contribution in [0.4, 0.5) is 11.5 Å². The van der Waals surface area contributed by atoms with E-state index in [-0.39, 0.29) is 18.1 Å². The second-order valence-electron chi connectivity index (χ2n) is 5.15. The highest BCUT2D eigenvalue weighted by atomic mass is 16.6. The van der Waals surface area contributed by atoms with E-state index >= 15 is 0 Å². The number of piperidine rings is 1. The molecular weight excluding hydrogens is 274 g/mol. The lowest BCUT2D eigenvalue weighted by atomic mass is 10.1. The molecule has 0 unspecified atom stereocenters. The first-order valence-corrected chi connectivity index (χ1v) is 7.28. The Kier molecular flexibility index (Phi) is 4.77. The average molecular weight is 295 g/mol. The Labute approximate surface area is 123 Å². The molecule has 1 fully saturated rings. The number of carbonyl (C=O) groups excluding carboxylic acids is 1. The first-order valence-electron chi connectivity index (χ1n) is 7.28. The van der Waals surface area contributed by atoms with Crippen LogP contribution >= 0.6 is 0 Å². The largest absolute Gasteiger partial charge is 0.355 e. The molecule has 0 bridgehead atoms. The van der Waals surface area contributed by atoms with Gasteiger partial charge >= 0.3 is 5.69 Å². The summed E-state index contributed by atoms with van der Waals surface area (Å²) in [6, 6.07) is 0. The van der Waals surface area contributed by atoms with Crippen molar-refractivity contribution in [3.8, 4) is 0 Å². The average Bonchev–Trinajstić information content (AvgIpc) is 2.81. The van der Waals surface area contributed by atoms with Gasteiger partial charge in [0.05, 0.1) is 11.5 Å². The fourth-order valence-corrected chi connectivity index (χ4v) is 2.61. The minimum absolute atomic E-state index is 0.0227. The summed E-state index contributed by atoms with van der Waals surface area (Å²) in [5.74, 6) is 0.288. The minimum Gasteiger partial charge on any atom is -0.355 e. The van der Waals surface area contributed by atoms with Crippen LogP contribution in [0.5, 0.6) is 0 Å². The van der Waals surface area contributed by atoms with Crippen LogP contribution in [0, 0.1) is 17.0 Å². The van der Waals surface area contributed by atoms with Crippen molar-refractivity contribution in [2.45, 2.75) is 39.7 Å². The fourth-order valence-electron chi connectivity index (χ4n) is 2.61. The quantitative estimate of drug-likeness (QED) is 0.657. The summed E-state index contributed by atoms with van der Waals surface area (Å²) in [5.41, 5.74) is 0.304. The third kappa shape index (κ3) is 3.32. The molecule has 0 aromatic carbocycles. The van der Waals surface area contributed by atoms with Gasteiger partial charge in [-0.25, -0.2) is 4.68 Å². The third-order valence-electron chi connectivity index (χ3n) is 3.69. The molecule has 1 N–H and O–H groups in total. The maximum atomic E-state index is 12.1. The molecule has 1 amide bonds. The van der Waals surface area contributed by atoms with E-state index in [0.717, 1.165) is 32.4 Å². The summed E-state index contributed by atoms with van der Waals surface area (Å²) >= 11 is 0. The number of likely N-dealkylation sites (tertiary alicyclic amines) is 1. The smallest absolute Gasteiger partial charge is 0.333 e. The number of nitrogens with zero attached hydrogens (tertiary/aromatic N) is 4. The van der Waals surface area contributed by atoms with Gasteiger partial charge in [-0.05, 0) is 33.1 Å². The van der Waals surface area contributed by atoms with Crippen molar-refractivity contribution in [3.05, 3.63) is 15.8 Å². The molecule has 2 heterocycles. The van der Waals surface area contributed by atoms with Gasteiger partial charge in [-0.1, -0.05) is 0 Å². The SMILES string of the molecule is CCn1nc(C)c([N+](=O)[O-])c1NCC(=O)N1CCCCC1. The zero-order valence-electron chi connectivity index (χ0n) is 12.5. The molecule has 1 saturated heterocycles. The van der Waals surface area contributed by atoms with E-state index in [9.17, 15) is 14.9 Å². The molecule has 0 atom stereocenters. The van der Waals surface area contributed by atoms with Gasteiger partial charge in [0.25, 0.3) is 0 Å². The molecule has 2 rings (SSSR count). The monoisotopic (exact) mass is 295 g/mol. The van der Waals surface area contributed by atoms with Crippen molar-refractivity contribution in [2.24, 2.45) is 0 Å². The normalized spacial score (nSPS) is 15.0. The number of hydrogen-bond acceptors (Lipinski definition) is 5. The maximum absolute atomic E-state index is 12.1. The summed E-state index contributed by atoms with van der Waals surface area (Å²) < 4.78 is 1.52. The predicted molar refractivity (Wildman–Crippen MR) is 78.2 cm³/mol. The minimum atomic E-state index is -0.456. The number of rotatable bonds is 5. The molecule has 0 aliphatic carbocycles. The number of nitro groups is 1. The van der Waals surface area contributed by atoms with Crippen LogP contribution in [-0.4, -0.2) is 45.1 Å². The summed E-state index contributed by atoms with van der Waals surface area (Å²) in [6.07, 6.45) is 3.21. The molecule has 0 saturated carbocycles. The van der Waals surface area contributed by atoms with Gasteiger partial charge in [0.15, 0.2) is 0 Å². The van der Waals surface area contributed by atoms with E-state index in [4.69, 9.17) is 0 Å². The van der Waals surface area contributed by atoms with Crippen LogP contribution in [0.2, 0.25) is 0 Å². The number of nitrogens with one attached hydrogen (secondary N) is 1. The van der Waals surface area contributed by atoms with Gasteiger partial charge in [0, 0.05) is 19.6 Å². The van der Waals surface area contributed by atoms with E-state index in [1.165, 1.54) is 4.68 Å². The van der Waals surface area contributed by atoms with Crippen molar-refractivity contribution in [3.63, 3.8) is 0 Å². The van der Waals surface area contributed by atoms with Crippen molar-refractivity contribution in [1.82, 2.24) is 14.7 Å². The predicted octanol–water partition coefficient (Wildman–Crippen LogP) is 1.54. The highest BCUT2D eigenvalue weighted by Gasteiger charge is 2.26. The van der Waals surface area contributed by atoms with Gasteiger partial charge in [-0.15, -0.1) is 0 Å². The molecule has 8 nitrogen and oxygen atoms in total. The zero-order valence-corrected chi connectivity index (χ0v) is 12.5. The van der Waals surface area contributed by atoms with Crippen molar-refractivity contribution < 1.29 is 9.72 Å². The highest BCUT2D eigenvalue weighted by Crippen LogP contribution is 2.27. The van der Waals surface area contributed by atoms with Gasteiger partial charge in [0.2, 0.25) is 11.7 Å². The van der Waals surface area contributed by atoms with Gasteiger partial charge in [-0.3, -0.25) is 14.9 Å². The lowest BCUT2D eigenvalue weighted by molar-refractivity contribution is -0.384. The highest BCUT2D eigenvalue weighted by molar-refractivity contribution is 5.81. The Morgan fingerprint density at radius 2 is 2.05 bits per heavy atom. The standard InChI is InChI=1S/C13H21N5O3/c1-3-17-13(12(18(20)21)10(2)15-17)14-9-11(19)16-7-5-4-6-8-16/h14H,3-9H2,1-2H3. The van der Waals surface area contributed by atoms with Crippen molar-refractivity contribution in [2.75, 3.05) is 25.0 Å². The van der Waals surface area contributed by atoms with Gasteiger partial charge in [0.1, 0.15) is 5.69 Å². The first kappa shape index (κ1) is 15.3.